The number of aryl methyl sites for hydroxylation is 1. The van der Waals surface area contributed by atoms with Gasteiger partial charge in [0.05, 0.1) is 13.2 Å². The number of ether oxygens (including phenoxy) is 6. The molecule has 0 aliphatic carbocycles. The Kier molecular flexibility index (Phi) is 7.11. The zero-order valence-corrected chi connectivity index (χ0v) is 20.8. The first-order valence-corrected chi connectivity index (χ1v) is 12.2. The lowest BCUT2D eigenvalue weighted by Crippen LogP contribution is -2.10. The van der Waals surface area contributed by atoms with Gasteiger partial charge in [0.2, 0.25) is 6.29 Å². The van der Waals surface area contributed by atoms with Gasteiger partial charge in [-0.15, -0.1) is 0 Å². The van der Waals surface area contributed by atoms with Crippen LogP contribution in [0.5, 0.6) is 17.2 Å². The monoisotopic (exact) mass is 490 g/mol. The number of fused-ring (bicyclic) bond motifs is 4. The molecule has 0 bridgehead atoms. The van der Waals surface area contributed by atoms with E-state index >= 15 is 0 Å². The highest BCUT2D eigenvalue weighted by atomic mass is 16.7. The maximum absolute atomic E-state index is 11.3. The number of carbonyl (C=O) groups is 1. The molecule has 1 atom stereocenters. The van der Waals surface area contributed by atoms with Gasteiger partial charge in [0.15, 0.2) is 0 Å². The van der Waals surface area contributed by atoms with Crippen molar-refractivity contribution in [1.29, 1.82) is 0 Å². The Morgan fingerprint density at radius 2 is 1.83 bits per heavy atom. The summed E-state index contributed by atoms with van der Waals surface area (Å²) in [5.41, 5.74) is 7.34. The van der Waals surface area contributed by atoms with Gasteiger partial charge in [0.25, 0.3) is 0 Å². The van der Waals surface area contributed by atoms with Crippen molar-refractivity contribution >= 4 is 5.97 Å². The quantitative estimate of drug-likeness (QED) is 0.284. The van der Waals surface area contributed by atoms with Gasteiger partial charge in [0, 0.05) is 30.2 Å². The Morgan fingerprint density at radius 3 is 2.67 bits per heavy atom. The van der Waals surface area contributed by atoms with E-state index in [1.807, 2.05) is 37.3 Å². The molecule has 0 saturated heterocycles. The third-order valence-electron chi connectivity index (χ3n) is 6.22. The highest BCUT2D eigenvalue weighted by Crippen LogP contribution is 2.42. The molecule has 188 valence electrons. The molecule has 0 N–H and O–H groups in total. The van der Waals surface area contributed by atoms with Crippen LogP contribution in [0.2, 0.25) is 0 Å². The number of rotatable bonds is 9. The van der Waals surface area contributed by atoms with Crippen molar-refractivity contribution < 1.29 is 33.2 Å². The maximum atomic E-state index is 11.3. The molecule has 0 amide bonds. The summed E-state index contributed by atoms with van der Waals surface area (Å²) in [6.07, 6.45) is -0.647. The van der Waals surface area contributed by atoms with Crippen molar-refractivity contribution in [2.24, 2.45) is 0 Å². The number of hydrogen-bond donors (Lipinski definition) is 0. The lowest BCUT2D eigenvalue weighted by Gasteiger charge is -2.24. The van der Waals surface area contributed by atoms with E-state index in [-0.39, 0.29) is 5.97 Å². The molecule has 7 heteroatoms. The summed E-state index contributed by atoms with van der Waals surface area (Å²) >= 11 is 0. The number of hydrogen-bond acceptors (Lipinski definition) is 7. The number of esters is 1. The standard InChI is InChI=1S/C29H30O7/c1-4-31-9-10-32-24-11-18(2)28-22(14-24)17-34-27-8-5-20(12-26(27)28)15-33-23-6-7-25-21(13-23)16-35-29(25)36-19(3)30/h5-8,11-14,29H,4,9-10,15-17H2,1-3H3/t29-/m0/s1. The number of carbonyl (C=O) groups excluding carboxylic acids is 1. The van der Waals surface area contributed by atoms with E-state index in [9.17, 15) is 4.79 Å². The molecule has 3 aromatic rings. The van der Waals surface area contributed by atoms with Crippen molar-refractivity contribution in [2.75, 3.05) is 19.8 Å². The minimum Gasteiger partial charge on any atom is -0.491 e. The zero-order chi connectivity index (χ0) is 25.1. The van der Waals surface area contributed by atoms with E-state index in [2.05, 4.69) is 25.1 Å². The largest absolute Gasteiger partial charge is 0.491 e. The molecule has 0 spiro atoms. The van der Waals surface area contributed by atoms with Crippen LogP contribution in [0.15, 0.2) is 48.5 Å². The molecule has 5 rings (SSSR count). The van der Waals surface area contributed by atoms with Gasteiger partial charge in [-0.25, -0.2) is 0 Å². The molecule has 0 saturated carbocycles. The highest BCUT2D eigenvalue weighted by molar-refractivity contribution is 5.79. The second-order valence-corrected chi connectivity index (χ2v) is 8.84. The van der Waals surface area contributed by atoms with Crippen LogP contribution in [0.1, 0.15) is 48.0 Å². The van der Waals surface area contributed by atoms with Gasteiger partial charge in [0.1, 0.15) is 37.1 Å². The van der Waals surface area contributed by atoms with E-state index in [0.717, 1.165) is 50.6 Å². The fraction of sp³-hybridized carbons (Fsp3) is 0.345. The third kappa shape index (κ3) is 5.17. The predicted octanol–water partition coefficient (Wildman–Crippen LogP) is 5.64. The van der Waals surface area contributed by atoms with Crippen LogP contribution in [0, 0.1) is 6.92 Å². The Hall–Kier alpha value is -3.55. The van der Waals surface area contributed by atoms with E-state index < -0.39 is 6.29 Å². The molecule has 0 unspecified atom stereocenters. The minimum atomic E-state index is -0.647. The van der Waals surface area contributed by atoms with Crippen LogP contribution >= 0.6 is 0 Å². The smallest absolute Gasteiger partial charge is 0.305 e. The Balaban J connectivity index is 1.30. The lowest BCUT2D eigenvalue weighted by molar-refractivity contribution is -0.175. The van der Waals surface area contributed by atoms with Crippen LogP contribution in [0.25, 0.3) is 11.1 Å². The first-order chi connectivity index (χ1) is 17.5. The van der Waals surface area contributed by atoms with Crippen LogP contribution in [0.3, 0.4) is 0 Å². The zero-order valence-electron chi connectivity index (χ0n) is 20.8. The van der Waals surface area contributed by atoms with Gasteiger partial charge in [-0.05, 0) is 78.6 Å². The van der Waals surface area contributed by atoms with Crippen molar-refractivity contribution in [3.63, 3.8) is 0 Å². The van der Waals surface area contributed by atoms with Crippen LogP contribution in [-0.4, -0.2) is 25.8 Å². The topological polar surface area (TPSA) is 72.5 Å². The lowest BCUT2D eigenvalue weighted by atomic mass is 9.91. The van der Waals surface area contributed by atoms with Gasteiger partial charge >= 0.3 is 5.97 Å². The van der Waals surface area contributed by atoms with Gasteiger partial charge < -0.3 is 28.4 Å². The van der Waals surface area contributed by atoms with Crippen LogP contribution < -0.4 is 14.2 Å². The molecule has 2 aliphatic rings. The third-order valence-corrected chi connectivity index (χ3v) is 6.22. The van der Waals surface area contributed by atoms with Crippen molar-refractivity contribution in [3.8, 4) is 28.4 Å². The molecule has 0 aromatic heterocycles. The predicted molar refractivity (Wildman–Crippen MR) is 133 cm³/mol. The molecular formula is C29H30O7. The first kappa shape index (κ1) is 24.2. The van der Waals surface area contributed by atoms with Crippen molar-refractivity contribution in [2.45, 2.75) is 46.9 Å². The summed E-state index contributed by atoms with van der Waals surface area (Å²) in [5.74, 6) is 2.06. The summed E-state index contributed by atoms with van der Waals surface area (Å²) in [6.45, 7) is 8.51. The van der Waals surface area contributed by atoms with E-state index in [0.29, 0.717) is 39.6 Å². The van der Waals surface area contributed by atoms with E-state index in [1.165, 1.54) is 12.5 Å². The van der Waals surface area contributed by atoms with Gasteiger partial charge in [-0.1, -0.05) is 6.07 Å². The molecule has 3 aromatic carbocycles. The van der Waals surface area contributed by atoms with Crippen LogP contribution in [-0.2, 0) is 38.8 Å². The second-order valence-electron chi connectivity index (χ2n) is 8.84. The van der Waals surface area contributed by atoms with Crippen LogP contribution in [0.4, 0.5) is 0 Å². The maximum Gasteiger partial charge on any atom is 0.305 e. The highest BCUT2D eigenvalue weighted by Gasteiger charge is 2.26. The van der Waals surface area contributed by atoms with Gasteiger partial charge in [-0.3, -0.25) is 4.79 Å². The Labute approximate surface area is 210 Å². The van der Waals surface area contributed by atoms with E-state index in [4.69, 9.17) is 28.4 Å². The summed E-state index contributed by atoms with van der Waals surface area (Å²) in [6, 6.07) is 16.0. The summed E-state index contributed by atoms with van der Waals surface area (Å²) in [4.78, 5) is 11.3. The SMILES string of the molecule is CCOCCOc1cc(C)c2c(c1)COc1ccc(COc3ccc4c(c3)CO[C@H]4OC(C)=O)cc1-2. The molecule has 2 aliphatic heterocycles. The average molecular weight is 491 g/mol. The van der Waals surface area contributed by atoms with E-state index in [1.54, 1.807) is 0 Å². The molecule has 36 heavy (non-hydrogen) atoms. The Bertz CT molecular complexity index is 1270. The van der Waals surface area contributed by atoms with Crippen molar-refractivity contribution in [3.05, 3.63) is 76.3 Å². The molecule has 0 fully saturated rings. The summed E-state index contributed by atoms with van der Waals surface area (Å²) in [7, 11) is 0. The summed E-state index contributed by atoms with van der Waals surface area (Å²) < 4.78 is 34.2. The average Bonchev–Trinajstić information content (AvgIpc) is 3.26. The second kappa shape index (κ2) is 10.6. The fourth-order valence-electron chi connectivity index (χ4n) is 4.61. The molecule has 7 nitrogen and oxygen atoms in total. The first-order valence-electron chi connectivity index (χ1n) is 12.2. The molecule has 0 radical (unpaired) electrons. The fourth-order valence-corrected chi connectivity index (χ4v) is 4.61. The van der Waals surface area contributed by atoms with Crippen molar-refractivity contribution in [1.82, 2.24) is 0 Å². The number of benzene rings is 3. The van der Waals surface area contributed by atoms with Gasteiger partial charge in [-0.2, -0.15) is 0 Å². The molecular weight excluding hydrogens is 460 g/mol. The summed E-state index contributed by atoms with van der Waals surface area (Å²) in [5, 5.41) is 0. The minimum absolute atomic E-state index is 0.369. The normalized spacial score (nSPS) is 15.4. The molecule has 2 heterocycles. The Morgan fingerprint density at radius 1 is 0.972 bits per heavy atom.